The van der Waals surface area contributed by atoms with E-state index in [1.807, 2.05) is 0 Å². The molecule has 1 saturated heterocycles. The molecule has 0 aromatic carbocycles. The Morgan fingerprint density at radius 1 is 1.33 bits per heavy atom. The molecule has 4 rings (SSSR count). The van der Waals surface area contributed by atoms with Gasteiger partial charge < -0.3 is 30.7 Å². The largest absolute Gasteiger partial charge is 0.394 e. The lowest BCUT2D eigenvalue weighted by Gasteiger charge is -2.23. The van der Waals surface area contributed by atoms with Crippen molar-refractivity contribution in [1.82, 2.24) is 19.5 Å². The fourth-order valence-electron chi connectivity index (χ4n) is 3.97. The van der Waals surface area contributed by atoms with Gasteiger partial charge in [0.25, 0.3) is 0 Å². The van der Waals surface area contributed by atoms with Crippen LogP contribution in [0, 0.1) is 0 Å². The molecule has 2 fully saturated rings. The van der Waals surface area contributed by atoms with Gasteiger partial charge in [-0.3, -0.25) is 4.57 Å². The number of nitrogens with zero attached hydrogens (tertiary/aromatic N) is 4. The predicted molar refractivity (Wildman–Crippen MR) is 98.0 cm³/mol. The van der Waals surface area contributed by atoms with E-state index in [9.17, 15) is 10.2 Å². The summed E-state index contributed by atoms with van der Waals surface area (Å²) >= 11 is 0. The van der Waals surface area contributed by atoms with Crippen molar-refractivity contribution in [3.8, 4) is 0 Å². The van der Waals surface area contributed by atoms with E-state index in [1.165, 1.54) is 26.4 Å². The molecule has 1 aliphatic carbocycles. The Hall–Kier alpha value is -2.01. The minimum atomic E-state index is -0.957. The van der Waals surface area contributed by atoms with Crippen LogP contribution in [-0.2, 0) is 9.47 Å². The Kier molecular flexibility index (Phi) is 5.13. The van der Waals surface area contributed by atoms with Crippen molar-refractivity contribution >= 4 is 22.9 Å². The number of nitrogens with one attached hydrogen (secondary N) is 1. The van der Waals surface area contributed by atoms with Gasteiger partial charge in [-0.1, -0.05) is 19.3 Å². The number of methoxy groups -OCH3 is 1. The van der Waals surface area contributed by atoms with Crippen molar-refractivity contribution in [2.24, 2.45) is 0 Å². The van der Waals surface area contributed by atoms with Crippen LogP contribution in [0.4, 0.5) is 11.8 Å². The predicted octanol–water partition coefficient (Wildman–Crippen LogP) is 0.419. The highest BCUT2D eigenvalue weighted by atomic mass is 16.6. The van der Waals surface area contributed by atoms with Crippen LogP contribution in [0.5, 0.6) is 0 Å². The number of aliphatic hydroxyl groups excluding tert-OH is 2. The van der Waals surface area contributed by atoms with Gasteiger partial charge in [-0.2, -0.15) is 9.97 Å². The van der Waals surface area contributed by atoms with E-state index in [0.717, 1.165) is 12.8 Å². The summed E-state index contributed by atoms with van der Waals surface area (Å²) in [4.78, 5) is 13.2. The molecule has 2 aliphatic rings. The smallest absolute Gasteiger partial charge is 0.226 e. The van der Waals surface area contributed by atoms with Crippen LogP contribution >= 0.6 is 0 Å². The van der Waals surface area contributed by atoms with Gasteiger partial charge in [0.05, 0.1) is 12.9 Å². The summed E-state index contributed by atoms with van der Waals surface area (Å²) in [6.07, 6.45) is 4.33. The summed E-state index contributed by atoms with van der Waals surface area (Å²) in [7, 11) is 1.49. The van der Waals surface area contributed by atoms with Crippen molar-refractivity contribution < 1.29 is 19.7 Å². The number of anilines is 2. The van der Waals surface area contributed by atoms with Crippen LogP contribution in [0.2, 0.25) is 0 Å². The maximum atomic E-state index is 10.3. The summed E-state index contributed by atoms with van der Waals surface area (Å²) in [6, 6.07) is 0.335. The van der Waals surface area contributed by atoms with Crippen molar-refractivity contribution in [2.75, 3.05) is 24.8 Å². The third-order valence-electron chi connectivity index (χ3n) is 5.43. The van der Waals surface area contributed by atoms with Crippen molar-refractivity contribution in [2.45, 2.75) is 62.7 Å². The van der Waals surface area contributed by atoms with Crippen LogP contribution in [0.3, 0.4) is 0 Å². The average molecular weight is 378 g/mol. The molecule has 0 unspecified atom stereocenters. The molecule has 3 heterocycles. The Labute approximate surface area is 156 Å². The van der Waals surface area contributed by atoms with E-state index < -0.39 is 24.5 Å². The first-order valence-electron chi connectivity index (χ1n) is 9.36. The number of ether oxygens (including phenoxy) is 2. The third kappa shape index (κ3) is 3.33. The highest BCUT2D eigenvalue weighted by Crippen LogP contribution is 2.34. The lowest BCUT2D eigenvalue weighted by atomic mass is 9.96. The monoisotopic (exact) mass is 378 g/mol. The lowest BCUT2D eigenvalue weighted by molar-refractivity contribution is -0.0583. The van der Waals surface area contributed by atoms with Crippen LogP contribution < -0.4 is 11.1 Å². The summed E-state index contributed by atoms with van der Waals surface area (Å²) in [5, 5.41) is 23.1. The molecule has 2 aromatic heterocycles. The Bertz CT molecular complexity index is 793. The van der Waals surface area contributed by atoms with Gasteiger partial charge >= 0.3 is 0 Å². The Morgan fingerprint density at radius 3 is 2.81 bits per heavy atom. The van der Waals surface area contributed by atoms with E-state index in [2.05, 4.69) is 20.3 Å². The van der Waals surface area contributed by atoms with E-state index >= 15 is 0 Å². The molecule has 0 bridgehead atoms. The minimum absolute atomic E-state index is 0.281. The molecular weight excluding hydrogens is 352 g/mol. The van der Waals surface area contributed by atoms with E-state index in [-0.39, 0.29) is 12.4 Å². The first kappa shape index (κ1) is 18.4. The number of hydrogen-bond donors (Lipinski definition) is 4. The molecule has 4 atom stereocenters. The quantitative estimate of drug-likeness (QED) is 0.582. The number of hydrogen-bond acceptors (Lipinski definition) is 9. The lowest BCUT2D eigenvalue weighted by Crippen LogP contribution is -2.34. The minimum Gasteiger partial charge on any atom is -0.394 e. The molecule has 10 heteroatoms. The van der Waals surface area contributed by atoms with Gasteiger partial charge in [0.15, 0.2) is 17.7 Å². The van der Waals surface area contributed by atoms with Crippen molar-refractivity contribution in [1.29, 1.82) is 0 Å². The number of fused-ring (bicyclic) bond motifs is 1. The molecule has 27 heavy (non-hydrogen) atoms. The van der Waals surface area contributed by atoms with Crippen LogP contribution in [0.15, 0.2) is 6.33 Å². The highest BCUT2D eigenvalue weighted by Gasteiger charge is 2.45. The van der Waals surface area contributed by atoms with E-state index in [0.29, 0.717) is 23.2 Å². The third-order valence-corrected chi connectivity index (χ3v) is 5.43. The second-order valence-corrected chi connectivity index (χ2v) is 7.17. The van der Waals surface area contributed by atoms with Gasteiger partial charge in [-0.15, -0.1) is 0 Å². The average Bonchev–Trinajstić information content (AvgIpc) is 3.23. The Balaban J connectivity index is 1.67. The number of nitrogens with two attached hydrogens (primary N) is 1. The molecule has 5 N–H and O–H groups in total. The van der Waals surface area contributed by atoms with Gasteiger partial charge in [-0.05, 0) is 12.8 Å². The zero-order chi connectivity index (χ0) is 19.0. The fraction of sp³-hybridized carbons (Fsp3) is 0.706. The van der Waals surface area contributed by atoms with Crippen molar-refractivity contribution in [3.63, 3.8) is 0 Å². The summed E-state index contributed by atoms with van der Waals surface area (Å²) in [5.41, 5.74) is 7.06. The molecule has 1 saturated carbocycles. The molecule has 0 amide bonds. The SMILES string of the molecule is CO[C@@H]1[C@H](O)[C@@H](CO)O[C@H]1n1cnc2c(N)nc(NC3CCCCC3)nc21. The first-order valence-corrected chi connectivity index (χ1v) is 9.36. The number of aliphatic hydroxyl groups is 2. The summed E-state index contributed by atoms with van der Waals surface area (Å²) in [6.45, 7) is -0.310. The normalized spacial score (nSPS) is 29.4. The van der Waals surface area contributed by atoms with Crippen LogP contribution in [0.1, 0.15) is 38.3 Å². The van der Waals surface area contributed by atoms with Gasteiger partial charge in [0, 0.05) is 13.2 Å². The number of aromatic nitrogens is 4. The summed E-state index contributed by atoms with van der Waals surface area (Å²) in [5.74, 6) is 0.739. The fourth-order valence-corrected chi connectivity index (χ4v) is 3.97. The molecule has 0 radical (unpaired) electrons. The van der Waals surface area contributed by atoms with E-state index in [1.54, 1.807) is 10.9 Å². The second-order valence-electron chi connectivity index (χ2n) is 7.17. The maximum Gasteiger partial charge on any atom is 0.226 e. The zero-order valence-electron chi connectivity index (χ0n) is 15.3. The number of nitrogen functional groups attached to an aromatic ring is 1. The zero-order valence-corrected chi connectivity index (χ0v) is 15.3. The molecule has 148 valence electrons. The number of imidazole rings is 1. The topological polar surface area (TPSA) is 141 Å². The molecule has 1 aliphatic heterocycles. The van der Waals surface area contributed by atoms with E-state index in [4.69, 9.17) is 15.2 Å². The Morgan fingerprint density at radius 2 is 2.11 bits per heavy atom. The van der Waals surface area contributed by atoms with Crippen LogP contribution in [0.25, 0.3) is 11.2 Å². The highest BCUT2D eigenvalue weighted by molar-refractivity contribution is 5.83. The molecule has 2 aromatic rings. The second kappa shape index (κ2) is 7.55. The molecule has 0 spiro atoms. The van der Waals surface area contributed by atoms with Gasteiger partial charge in [-0.25, -0.2) is 4.98 Å². The molecule has 10 nitrogen and oxygen atoms in total. The number of rotatable bonds is 5. The van der Waals surface area contributed by atoms with Crippen molar-refractivity contribution in [3.05, 3.63) is 6.33 Å². The standard InChI is InChI=1S/C17H26N6O4/c1-26-13-12(25)10(7-24)27-16(13)23-8-19-11-14(18)21-17(22-15(11)23)20-9-5-3-2-4-6-9/h8-10,12-13,16,24-25H,2-7H2,1H3,(H3,18,20,21,22)/t10-,12-,13-,16-/m1/s1. The molecular formula is C17H26N6O4. The summed E-state index contributed by atoms with van der Waals surface area (Å²) < 4.78 is 12.9. The van der Waals surface area contributed by atoms with Gasteiger partial charge in [0.2, 0.25) is 5.95 Å². The first-order chi connectivity index (χ1) is 13.1. The van der Waals surface area contributed by atoms with Gasteiger partial charge in [0.1, 0.15) is 23.8 Å². The maximum absolute atomic E-state index is 10.3. The van der Waals surface area contributed by atoms with Crippen LogP contribution in [-0.4, -0.2) is 67.8 Å².